The summed E-state index contributed by atoms with van der Waals surface area (Å²) < 4.78 is 0. The normalized spacial score (nSPS) is 15.2. The summed E-state index contributed by atoms with van der Waals surface area (Å²) in [5.74, 6) is -1.77. The first kappa shape index (κ1) is 11.1. The van der Waals surface area contributed by atoms with E-state index in [-0.39, 0.29) is 0 Å². The predicted molar refractivity (Wildman–Crippen MR) is 43.5 cm³/mol. The van der Waals surface area contributed by atoms with Crippen LogP contribution >= 0.6 is 0 Å². The fourth-order valence-electron chi connectivity index (χ4n) is 0.869. The van der Waals surface area contributed by atoms with Gasteiger partial charge in [-0.3, -0.25) is 4.79 Å². The quantitative estimate of drug-likeness (QED) is 0.445. The van der Waals surface area contributed by atoms with Crippen LogP contribution in [-0.4, -0.2) is 29.9 Å². The topological polar surface area (TPSA) is 106 Å². The number of carboxylic acids is 1. The molecule has 5 nitrogen and oxygen atoms in total. The van der Waals surface area contributed by atoms with Crippen LogP contribution in [0.4, 0.5) is 0 Å². The van der Waals surface area contributed by atoms with Gasteiger partial charge in [0, 0.05) is 5.92 Å². The van der Waals surface area contributed by atoms with Crippen molar-refractivity contribution in [2.45, 2.75) is 18.9 Å². The summed E-state index contributed by atoms with van der Waals surface area (Å²) in [6.07, 6.45) is 1.63. The van der Waals surface area contributed by atoms with Crippen LogP contribution in [0.2, 0.25) is 0 Å². The predicted octanol–water partition coefficient (Wildman–Crippen LogP) is -1.05. The minimum Gasteiger partial charge on any atom is -0.480 e. The van der Waals surface area contributed by atoms with Crippen LogP contribution < -0.4 is 11.5 Å². The Balaban J connectivity index is 3.95. The molecule has 70 valence electrons. The highest BCUT2D eigenvalue weighted by atomic mass is 16.4. The molecule has 5 heteroatoms. The molecular weight excluding hydrogens is 160 g/mol. The lowest BCUT2D eigenvalue weighted by Gasteiger charge is -2.13. The van der Waals surface area contributed by atoms with Gasteiger partial charge in [-0.2, -0.15) is 0 Å². The van der Waals surface area contributed by atoms with Gasteiger partial charge in [-0.05, 0) is 19.4 Å². The molecule has 0 aromatic carbocycles. The molecule has 0 aliphatic carbocycles. The summed E-state index contributed by atoms with van der Waals surface area (Å²) >= 11 is 0. The van der Waals surface area contributed by atoms with E-state index in [1.165, 1.54) is 0 Å². The second-order valence-corrected chi connectivity index (χ2v) is 2.59. The molecule has 0 aliphatic rings. The Morgan fingerprint density at radius 3 is 2.50 bits per heavy atom. The largest absolute Gasteiger partial charge is 0.480 e. The lowest BCUT2D eigenvalue weighted by molar-refractivity contribution is -0.141. The van der Waals surface area contributed by atoms with Gasteiger partial charge in [-0.1, -0.05) is 0 Å². The summed E-state index contributed by atoms with van der Waals surface area (Å²) in [5, 5.41) is 8.47. The summed E-state index contributed by atoms with van der Waals surface area (Å²) in [6.45, 7) is 0.441. The van der Waals surface area contributed by atoms with Gasteiger partial charge in [-0.25, -0.2) is 0 Å². The van der Waals surface area contributed by atoms with Crippen molar-refractivity contribution in [3.8, 4) is 0 Å². The molecule has 2 atom stereocenters. The Bertz CT molecular complexity index is 161. The van der Waals surface area contributed by atoms with Crippen molar-refractivity contribution in [1.29, 1.82) is 0 Å². The zero-order valence-electron chi connectivity index (χ0n) is 6.77. The number of aliphatic carboxylic acids is 1. The van der Waals surface area contributed by atoms with Crippen molar-refractivity contribution in [3.63, 3.8) is 0 Å². The summed E-state index contributed by atoms with van der Waals surface area (Å²) in [5.41, 5.74) is 10.4. The number of nitrogens with two attached hydrogens (primary N) is 2. The Hall–Kier alpha value is -0.940. The highest BCUT2D eigenvalue weighted by Gasteiger charge is 2.22. The SMILES string of the molecule is NCCCC(C=O)[C@H](N)C(=O)O. The molecule has 0 aromatic heterocycles. The summed E-state index contributed by atoms with van der Waals surface area (Å²) in [6, 6.07) is -1.10. The van der Waals surface area contributed by atoms with Crippen LogP contribution in [0.3, 0.4) is 0 Å². The highest BCUT2D eigenvalue weighted by Crippen LogP contribution is 2.06. The van der Waals surface area contributed by atoms with Gasteiger partial charge in [0.2, 0.25) is 0 Å². The van der Waals surface area contributed by atoms with Crippen molar-refractivity contribution in [2.75, 3.05) is 6.54 Å². The molecule has 0 bridgehead atoms. The van der Waals surface area contributed by atoms with Crippen molar-refractivity contribution in [3.05, 3.63) is 0 Å². The molecule has 5 N–H and O–H groups in total. The fraction of sp³-hybridized carbons (Fsp3) is 0.714. The molecule has 0 aliphatic heterocycles. The molecule has 0 fully saturated rings. The van der Waals surface area contributed by atoms with Gasteiger partial charge < -0.3 is 21.4 Å². The van der Waals surface area contributed by atoms with Crippen LogP contribution in [-0.2, 0) is 9.59 Å². The molecule has 0 rings (SSSR count). The monoisotopic (exact) mass is 174 g/mol. The number of carbonyl (C=O) groups excluding carboxylic acids is 1. The van der Waals surface area contributed by atoms with Crippen LogP contribution in [0.5, 0.6) is 0 Å². The average Bonchev–Trinajstić information content (AvgIpc) is 2.05. The third-order valence-corrected chi connectivity index (χ3v) is 1.66. The zero-order chi connectivity index (χ0) is 9.56. The molecule has 0 spiro atoms. The van der Waals surface area contributed by atoms with Crippen molar-refractivity contribution in [1.82, 2.24) is 0 Å². The molecule has 0 radical (unpaired) electrons. The molecule has 0 saturated carbocycles. The number of hydrogen-bond acceptors (Lipinski definition) is 4. The minimum absolute atomic E-state index is 0.438. The van der Waals surface area contributed by atoms with Crippen molar-refractivity contribution in [2.24, 2.45) is 17.4 Å². The van der Waals surface area contributed by atoms with E-state index >= 15 is 0 Å². The second kappa shape index (κ2) is 5.68. The molecule has 0 saturated heterocycles. The van der Waals surface area contributed by atoms with E-state index in [2.05, 4.69) is 0 Å². The van der Waals surface area contributed by atoms with E-state index in [9.17, 15) is 9.59 Å². The van der Waals surface area contributed by atoms with Crippen LogP contribution in [0.1, 0.15) is 12.8 Å². The maximum atomic E-state index is 10.4. The smallest absolute Gasteiger partial charge is 0.321 e. The number of rotatable bonds is 6. The summed E-state index contributed by atoms with van der Waals surface area (Å²) in [7, 11) is 0. The number of aldehydes is 1. The first-order valence-corrected chi connectivity index (χ1v) is 3.77. The third kappa shape index (κ3) is 3.45. The molecule has 0 aromatic rings. The lowest BCUT2D eigenvalue weighted by atomic mass is 9.97. The molecule has 0 heterocycles. The highest BCUT2D eigenvalue weighted by molar-refractivity contribution is 5.77. The third-order valence-electron chi connectivity index (χ3n) is 1.66. The van der Waals surface area contributed by atoms with E-state index in [1.807, 2.05) is 0 Å². The number of hydrogen-bond donors (Lipinski definition) is 3. The zero-order valence-corrected chi connectivity index (χ0v) is 6.77. The molecule has 12 heavy (non-hydrogen) atoms. The minimum atomic E-state index is -1.15. The van der Waals surface area contributed by atoms with E-state index in [0.717, 1.165) is 0 Å². The molecule has 0 amide bonds. The molecular formula is C7H14N2O3. The Morgan fingerprint density at radius 2 is 2.17 bits per heavy atom. The summed E-state index contributed by atoms with van der Waals surface area (Å²) in [4.78, 5) is 20.7. The van der Waals surface area contributed by atoms with E-state index in [4.69, 9.17) is 16.6 Å². The van der Waals surface area contributed by atoms with E-state index in [0.29, 0.717) is 25.7 Å². The average molecular weight is 174 g/mol. The maximum Gasteiger partial charge on any atom is 0.321 e. The maximum absolute atomic E-state index is 10.4. The van der Waals surface area contributed by atoms with Crippen molar-refractivity contribution < 1.29 is 14.7 Å². The van der Waals surface area contributed by atoms with Gasteiger partial charge in [0.1, 0.15) is 12.3 Å². The van der Waals surface area contributed by atoms with Gasteiger partial charge >= 0.3 is 5.97 Å². The van der Waals surface area contributed by atoms with Crippen LogP contribution in [0.15, 0.2) is 0 Å². The van der Waals surface area contributed by atoms with Gasteiger partial charge in [0.15, 0.2) is 0 Å². The standard InChI is InChI=1S/C7H14N2O3/c8-3-1-2-5(4-10)6(9)7(11)12/h4-6H,1-3,8-9H2,(H,11,12)/t5?,6-/m0/s1. The molecule has 1 unspecified atom stereocenters. The van der Waals surface area contributed by atoms with Crippen LogP contribution in [0.25, 0.3) is 0 Å². The first-order valence-electron chi connectivity index (χ1n) is 3.77. The van der Waals surface area contributed by atoms with Crippen molar-refractivity contribution >= 4 is 12.3 Å². The number of carboxylic acid groups (broad SMARTS) is 1. The van der Waals surface area contributed by atoms with Crippen LogP contribution in [0, 0.1) is 5.92 Å². The Kier molecular flexibility index (Phi) is 5.23. The fourth-order valence-corrected chi connectivity index (χ4v) is 0.869. The van der Waals surface area contributed by atoms with E-state index in [1.54, 1.807) is 0 Å². The van der Waals surface area contributed by atoms with Gasteiger partial charge in [0.25, 0.3) is 0 Å². The second-order valence-electron chi connectivity index (χ2n) is 2.59. The van der Waals surface area contributed by atoms with Gasteiger partial charge in [-0.15, -0.1) is 0 Å². The van der Waals surface area contributed by atoms with E-state index < -0.39 is 17.9 Å². The first-order chi connectivity index (χ1) is 5.63. The Labute approximate surface area is 70.7 Å². The van der Waals surface area contributed by atoms with Gasteiger partial charge in [0.05, 0.1) is 0 Å². The Morgan fingerprint density at radius 1 is 1.58 bits per heavy atom. The lowest BCUT2D eigenvalue weighted by Crippen LogP contribution is -2.39. The number of carbonyl (C=O) groups is 2.